The van der Waals surface area contributed by atoms with Gasteiger partial charge in [-0.05, 0) is 0 Å². The molecule has 8 aromatic rings. The maximum Gasteiger partial charge on any atom is -1.00 e. The summed E-state index contributed by atoms with van der Waals surface area (Å²) in [4.78, 5) is 0. The molecule has 0 aromatic heterocycles. The molecule has 0 nitrogen and oxygen atoms in total. The molecule has 0 heterocycles. The van der Waals surface area contributed by atoms with E-state index in [1.165, 1.54) is 97.4 Å². The van der Waals surface area contributed by atoms with Crippen LogP contribution in [0.5, 0.6) is 0 Å². The molecule has 8 rings (SSSR count). The van der Waals surface area contributed by atoms with E-state index in [-0.39, 0.29) is 24.8 Å². The molecule has 0 N–H and O–H groups in total. The molecule has 4 heteroatoms. The molecule has 0 bridgehead atoms. The summed E-state index contributed by atoms with van der Waals surface area (Å²) < 4.78 is 3.01. The molecule has 0 amide bonds. The first-order valence-electron chi connectivity index (χ1n) is 22.4. The van der Waals surface area contributed by atoms with Crippen LogP contribution in [-0.4, -0.2) is 6.41 Å². The monoisotopic (exact) mass is 1020 g/mol. The van der Waals surface area contributed by atoms with Gasteiger partial charge in [-0.25, -0.2) is 0 Å². The fraction of sp³-hybridized carbons (Fsp3) is 0.345. The van der Waals surface area contributed by atoms with Crippen LogP contribution in [0.4, 0.5) is 0 Å². The summed E-state index contributed by atoms with van der Waals surface area (Å²) in [7, 11) is 0. The maximum absolute atomic E-state index is 2.29. The first-order valence-corrected chi connectivity index (χ1v) is 24.8. The van der Waals surface area contributed by atoms with Gasteiger partial charge in [-0.3, -0.25) is 0 Å². The molecule has 0 spiro atoms. The third-order valence-electron chi connectivity index (χ3n) is 11.4. The third kappa shape index (κ3) is 17.8. The van der Waals surface area contributed by atoms with E-state index < -0.39 is 0 Å². The SMILES string of the molecule is CCC(C)c1c[cH-]c2ccccc12.CCC(C)c1c[cH-]c2ccccc12.CCC(C)c1c[cH-]c2ccccc12.CCC(C)c1c[cH-]c2ccccc12.C[C](C)=[Zr+2].C[C](C)=[Zr+2].[Cl-].[Cl-]. The van der Waals surface area contributed by atoms with Crippen LogP contribution < -0.4 is 24.8 Å². The molecular weight excluding hydrogens is 950 g/mol. The first-order chi connectivity index (χ1) is 28.8. The van der Waals surface area contributed by atoms with E-state index in [1.54, 1.807) is 48.5 Å². The van der Waals surface area contributed by atoms with Gasteiger partial charge in [0.25, 0.3) is 0 Å². The predicted octanol–water partition coefficient (Wildman–Crippen LogP) is 11.8. The van der Waals surface area contributed by atoms with Crippen LogP contribution in [0.1, 0.15) is 155 Å². The minimum absolute atomic E-state index is 0. The summed E-state index contributed by atoms with van der Waals surface area (Å²) in [6.45, 7) is 26.6. The van der Waals surface area contributed by atoms with E-state index in [4.69, 9.17) is 0 Å². The first kappa shape index (κ1) is 57.4. The molecule has 0 saturated heterocycles. The predicted molar refractivity (Wildman–Crippen MR) is 266 cm³/mol. The molecule has 0 fully saturated rings. The van der Waals surface area contributed by atoms with Crippen LogP contribution in [0.25, 0.3) is 43.1 Å². The van der Waals surface area contributed by atoms with Crippen LogP contribution in [0, 0.1) is 0 Å². The van der Waals surface area contributed by atoms with E-state index >= 15 is 0 Å². The van der Waals surface area contributed by atoms with Crippen molar-refractivity contribution in [1.29, 1.82) is 0 Å². The minimum atomic E-state index is 0. The van der Waals surface area contributed by atoms with Gasteiger partial charge in [0.05, 0.1) is 0 Å². The van der Waals surface area contributed by atoms with E-state index in [2.05, 4.69) is 229 Å². The molecule has 8 aromatic carbocycles. The van der Waals surface area contributed by atoms with Crippen molar-refractivity contribution in [3.8, 4) is 0 Å². The van der Waals surface area contributed by atoms with Crippen molar-refractivity contribution in [2.45, 2.75) is 132 Å². The number of rotatable bonds is 8. The van der Waals surface area contributed by atoms with Gasteiger partial charge in [0.2, 0.25) is 0 Å². The standard InChI is InChI=1S/4C13H15.2C3H6.2ClH.2Zr/c4*1-3-10(2)12-9-8-11-6-4-5-7-13(11)12;2*1-3-2;;;;/h4*4-10H,3H2,1-2H3;2*1-2H3;2*1H;;/q4*-1;;;;;2*+2/p-2. The zero-order chi connectivity index (χ0) is 44.2. The molecule has 328 valence electrons. The van der Waals surface area contributed by atoms with Gasteiger partial charge in [-0.2, -0.15) is 22.3 Å². The molecular formula is C58H72Cl2Zr2-2. The Morgan fingerprint density at radius 3 is 0.694 bits per heavy atom. The van der Waals surface area contributed by atoms with Gasteiger partial charge in [-0.1, -0.05) is 129 Å². The van der Waals surface area contributed by atoms with Crippen LogP contribution >= 0.6 is 0 Å². The van der Waals surface area contributed by atoms with Crippen LogP contribution in [0.15, 0.2) is 146 Å². The Bertz CT molecular complexity index is 2110. The summed E-state index contributed by atoms with van der Waals surface area (Å²) in [5.74, 6) is 2.72. The third-order valence-corrected chi connectivity index (χ3v) is 11.4. The number of halogens is 2. The van der Waals surface area contributed by atoms with Crippen LogP contribution in [0.2, 0.25) is 0 Å². The Balaban J connectivity index is 0.000000386. The van der Waals surface area contributed by atoms with E-state index in [0.29, 0.717) is 23.7 Å². The fourth-order valence-corrected chi connectivity index (χ4v) is 7.30. The topological polar surface area (TPSA) is 0 Å². The van der Waals surface area contributed by atoms with Gasteiger partial charge < -0.3 is 24.8 Å². The zero-order valence-corrected chi connectivity index (χ0v) is 46.2. The Morgan fingerprint density at radius 2 is 0.532 bits per heavy atom. The summed E-state index contributed by atoms with van der Waals surface area (Å²) >= 11 is 3.11. The minimum Gasteiger partial charge on any atom is -1.00 e. The van der Waals surface area contributed by atoms with Gasteiger partial charge in [0.15, 0.2) is 0 Å². The average Bonchev–Trinajstić information content (AvgIpc) is 4.08. The number of hydrogen-bond donors (Lipinski definition) is 0. The molecule has 0 saturated carbocycles. The van der Waals surface area contributed by atoms with Crippen LogP contribution in [-0.2, 0) is 48.5 Å². The van der Waals surface area contributed by atoms with E-state index in [0.717, 1.165) is 0 Å². The molecule has 4 unspecified atom stereocenters. The fourth-order valence-electron chi connectivity index (χ4n) is 7.30. The Labute approximate surface area is 419 Å². The average molecular weight is 1020 g/mol. The second-order valence-corrected chi connectivity index (χ2v) is 21.7. The normalized spacial score (nSPS) is 12.1. The largest absolute Gasteiger partial charge is 1.00 e. The maximum atomic E-state index is 2.29. The van der Waals surface area contributed by atoms with Gasteiger partial charge in [-0.15, -0.1) is 164 Å². The summed E-state index contributed by atoms with van der Waals surface area (Å²) in [6.07, 6.45) is 4.87. The van der Waals surface area contributed by atoms with Crippen molar-refractivity contribution in [1.82, 2.24) is 0 Å². The summed E-state index contributed by atoms with van der Waals surface area (Å²) in [6, 6.07) is 52.4. The second kappa shape index (κ2) is 30.5. The Morgan fingerprint density at radius 1 is 0.371 bits per heavy atom. The van der Waals surface area contributed by atoms with Crippen molar-refractivity contribution in [2.75, 3.05) is 0 Å². The molecule has 62 heavy (non-hydrogen) atoms. The number of benzene rings is 4. The van der Waals surface area contributed by atoms with E-state index in [1.807, 2.05) is 0 Å². The van der Waals surface area contributed by atoms with Crippen LogP contribution in [0.3, 0.4) is 0 Å². The van der Waals surface area contributed by atoms with Gasteiger partial charge in [0, 0.05) is 0 Å². The van der Waals surface area contributed by atoms with E-state index in [9.17, 15) is 0 Å². The molecule has 0 aliphatic heterocycles. The number of hydrogen-bond acceptors (Lipinski definition) is 0. The van der Waals surface area contributed by atoms with Gasteiger partial charge >= 0.3 is 82.6 Å². The van der Waals surface area contributed by atoms with Crippen molar-refractivity contribution in [3.05, 3.63) is 168 Å². The van der Waals surface area contributed by atoms with Crippen molar-refractivity contribution in [3.63, 3.8) is 0 Å². The van der Waals surface area contributed by atoms with Crippen molar-refractivity contribution >= 4 is 49.5 Å². The summed E-state index contributed by atoms with van der Waals surface area (Å²) in [5.41, 5.74) is 5.99. The Kier molecular flexibility index (Phi) is 28.3. The quantitative estimate of drug-likeness (QED) is 0.133. The van der Waals surface area contributed by atoms with Crippen molar-refractivity contribution in [2.24, 2.45) is 0 Å². The van der Waals surface area contributed by atoms with Crippen molar-refractivity contribution < 1.29 is 73.3 Å². The number of fused-ring (bicyclic) bond motifs is 4. The summed E-state index contributed by atoms with van der Waals surface area (Å²) in [5, 5.41) is 11.2. The molecule has 0 aliphatic rings. The zero-order valence-electron chi connectivity index (χ0n) is 39.8. The Hall–Kier alpha value is -2.59. The molecule has 0 aliphatic carbocycles. The molecule has 0 radical (unpaired) electrons. The second-order valence-electron chi connectivity index (χ2n) is 16.7. The molecule has 4 atom stereocenters. The smallest absolute Gasteiger partial charge is 1.00 e. The van der Waals surface area contributed by atoms with Gasteiger partial charge in [0.1, 0.15) is 0 Å².